The van der Waals surface area contributed by atoms with E-state index in [-0.39, 0.29) is 6.04 Å². The SMILES string of the molecule is CCCc1ccc(C(NC)c2snnc2C(C)C)cc1. The van der Waals surface area contributed by atoms with Crippen LogP contribution in [0, 0.1) is 0 Å². The van der Waals surface area contributed by atoms with Crippen molar-refractivity contribution in [1.29, 1.82) is 0 Å². The van der Waals surface area contributed by atoms with Gasteiger partial charge in [-0.25, -0.2) is 0 Å². The number of nitrogens with one attached hydrogen (secondary N) is 1. The Hall–Kier alpha value is -1.26. The van der Waals surface area contributed by atoms with Crippen molar-refractivity contribution >= 4 is 11.5 Å². The first-order chi connectivity index (χ1) is 9.67. The minimum absolute atomic E-state index is 0.183. The molecule has 0 amide bonds. The molecule has 0 fully saturated rings. The molecule has 0 saturated heterocycles. The van der Waals surface area contributed by atoms with Gasteiger partial charge in [0.15, 0.2) is 0 Å². The maximum absolute atomic E-state index is 4.29. The highest BCUT2D eigenvalue weighted by Gasteiger charge is 2.21. The lowest BCUT2D eigenvalue weighted by Crippen LogP contribution is -2.18. The summed E-state index contributed by atoms with van der Waals surface area (Å²) in [6, 6.07) is 9.08. The van der Waals surface area contributed by atoms with Crippen molar-refractivity contribution in [2.45, 2.75) is 45.6 Å². The average molecular weight is 289 g/mol. The zero-order valence-electron chi connectivity index (χ0n) is 12.7. The van der Waals surface area contributed by atoms with E-state index in [0.29, 0.717) is 5.92 Å². The summed E-state index contributed by atoms with van der Waals surface area (Å²) in [7, 11) is 1.99. The van der Waals surface area contributed by atoms with Crippen LogP contribution in [0.15, 0.2) is 24.3 Å². The smallest absolute Gasteiger partial charge is 0.0832 e. The van der Waals surface area contributed by atoms with Gasteiger partial charge in [-0.05, 0) is 42.0 Å². The fourth-order valence-electron chi connectivity index (χ4n) is 2.42. The van der Waals surface area contributed by atoms with E-state index >= 15 is 0 Å². The van der Waals surface area contributed by atoms with Gasteiger partial charge in [0, 0.05) is 0 Å². The molecule has 1 aromatic heterocycles. The third-order valence-corrected chi connectivity index (χ3v) is 4.29. The largest absolute Gasteiger partial charge is 0.309 e. The monoisotopic (exact) mass is 289 g/mol. The zero-order valence-corrected chi connectivity index (χ0v) is 13.5. The lowest BCUT2D eigenvalue weighted by molar-refractivity contribution is 0.678. The molecular weight excluding hydrogens is 266 g/mol. The standard InChI is InChI=1S/C16H23N3S/c1-5-6-12-7-9-13(10-8-12)15(17-4)16-14(11(2)3)18-19-20-16/h7-11,15,17H,5-6H2,1-4H3. The molecule has 0 bridgehead atoms. The van der Waals surface area contributed by atoms with E-state index in [1.807, 2.05) is 7.05 Å². The van der Waals surface area contributed by atoms with E-state index in [2.05, 4.69) is 59.9 Å². The highest BCUT2D eigenvalue weighted by Crippen LogP contribution is 2.30. The minimum Gasteiger partial charge on any atom is -0.309 e. The van der Waals surface area contributed by atoms with E-state index in [0.717, 1.165) is 12.1 Å². The van der Waals surface area contributed by atoms with Crippen LogP contribution < -0.4 is 5.32 Å². The number of hydrogen-bond acceptors (Lipinski definition) is 4. The van der Waals surface area contributed by atoms with E-state index in [4.69, 9.17) is 0 Å². The Morgan fingerprint density at radius 3 is 2.45 bits per heavy atom. The normalized spacial score (nSPS) is 12.8. The molecule has 1 aromatic carbocycles. The molecule has 0 radical (unpaired) electrons. The Bertz CT molecular complexity index is 531. The molecule has 0 aliphatic heterocycles. The molecule has 108 valence electrons. The van der Waals surface area contributed by atoms with E-state index in [9.17, 15) is 0 Å². The lowest BCUT2D eigenvalue weighted by atomic mass is 9.98. The van der Waals surface area contributed by atoms with Gasteiger partial charge in [-0.2, -0.15) is 0 Å². The predicted octanol–water partition coefficient (Wildman–Crippen LogP) is 3.92. The predicted molar refractivity (Wildman–Crippen MR) is 85.3 cm³/mol. The van der Waals surface area contributed by atoms with E-state index < -0.39 is 0 Å². The number of aromatic nitrogens is 2. The van der Waals surface area contributed by atoms with Crippen molar-refractivity contribution in [2.75, 3.05) is 7.05 Å². The van der Waals surface area contributed by atoms with Gasteiger partial charge in [-0.15, -0.1) is 5.10 Å². The van der Waals surface area contributed by atoms with Crippen LogP contribution in [0.4, 0.5) is 0 Å². The Kier molecular flexibility index (Phi) is 5.26. The Morgan fingerprint density at radius 1 is 1.20 bits per heavy atom. The molecule has 0 aliphatic rings. The Balaban J connectivity index is 2.29. The van der Waals surface area contributed by atoms with Gasteiger partial charge >= 0.3 is 0 Å². The van der Waals surface area contributed by atoms with Gasteiger partial charge in [0.1, 0.15) is 0 Å². The van der Waals surface area contributed by atoms with Crippen LogP contribution in [0.2, 0.25) is 0 Å². The fraction of sp³-hybridized carbons (Fsp3) is 0.500. The molecule has 4 heteroatoms. The second-order valence-corrected chi connectivity index (χ2v) is 6.18. The molecule has 1 N–H and O–H groups in total. The van der Waals surface area contributed by atoms with Gasteiger partial charge in [-0.1, -0.05) is 55.9 Å². The van der Waals surface area contributed by atoms with Crippen LogP contribution >= 0.6 is 11.5 Å². The number of aryl methyl sites for hydroxylation is 1. The fourth-order valence-corrected chi connectivity index (χ4v) is 3.37. The van der Waals surface area contributed by atoms with Gasteiger partial charge in [-0.3, -0.25) is 0 Å². The van der Waals surface area contributed by atoms with Crippen LogP contribution in [-0.4, -0.2) is 16.6 Å². The molecule has 2 rings (SSSR count). The summed E-state index contributed by atoms with van der Waals surface area (Å²) in [4.78, 5) is 1.23. The number of rotatable bonds is 6. The highest BCUT2D eigenvalue weighted by atomic mass is 32.1. The first-order valence-electron chi connectivity index (χ1n) is 7.25. The van der Waals surface area contributed by atoms with Crippen molar-refractivity contribution < 1.29 is 0 Å². The number of nitrogens with zero attached hydrogens (tertiary/aromatic N) is 2. The summed E-state index contributed by atoms with van der Waals surface area (Å²) in [5, 5.41) is 7.68. The maximum atomic E-state index is 4.29. The van der Waals surface area contributed by atoms with E-state index in [1.54, 1.807) is 0 Å². The summed E-state index contributed by atoms with van der Waals surface area (Å²) in [6.07, 6.45) is 2.33. The second kappa shape index (κ2) is 6.95. The zero-order chi connectivity index (χ0) is 14.5. The topological polar surface area (TPSA) is 37.8 Å². The van der Waals surface area contributed by atoms with Crippen molar-refractivity contribution in [3.05, 3.63) is 46.0 Å². The molecule has 0 aliphatic carbocycles. The highest BCUT2D eigenvalue weighted by molar-refractivity contribution is 7.05. The van der Waals surface area contributed by atoms with Crippen molar-refractivity contribution in [3.8, 4) is 0 Å². The van der Waals surface area contributed by atoms with Crippen LogP contribution in [0.1, 0.15) is 60.8 Å². The number of hydrogen-bond donors (Lipinski definition) is 1. The third-order valence-electron chi connectivity index (χ3n) is 3.49. The summed E-state index contributed by atoms with van der Waals surface area (Å²) in [5.74, 6) is 0.402. The molecule has 20 heavy (non-hydrogen) atoms. The number of benzene rings is 1. The molecule has 1 heterocycles. The molecule has 3 nitrogen and oxygen atoms in total. The van der Waals surface area contributed by atoms with Crippen LogP contribution in [0.25, 0.3) is 0 Å². The van der Waals surface area contributed by atoms with Gasteiger partial charge in [0.05, 0.1) is 16.6 Å². The Labute approximate surface area is 125 Å². The molecule has 1 atom stereocenters. The summed E-state index contributed by atoms with van der Waals surface area (Å²) < 4.78 is 4.14. The van der Waals surface area contributed by atoms with Gasteiger partial charge in [0.2, 0.25) is 0 Å². The molecule has 2 aromatic rings. The van der Waals surface area contributed by atoms with Gasteiger partial charge < -0.3 is 5.32 Å². The molecular formula is C16H23N3S. The van der Waals surface area contributed by atoms with Crippen LogP contribution in [-0.2, 0) is 6.42 Å². The molecule has 0 spiro atoms. The molecule has 1 unspecified atom stereocenters. The van der Waals surface area contributed by atoms with Crippen molar-refractivity contribution in [2.24, 2.45) is 0 Å². The molecule has 0 saturated carbocycles. The summed E-state index contributed by atoms with van der Waals surface area (Å²) in [6.45, 7) is 6.54. The lowest BCUT2D eigenvalue weighted by Gasteiger charge is -2.17. The second-order valence-electron chi connectivity index (χ2n) is 5.39. The first-order valence-corrected chi connectivity index (χ1v) is 8.03. The average Bonchev–Trinajstić information content (AvgIpc) is 2.91. The summed E-state index contributed by atoms with van der Waals surface area (Å²) >= 11 is 1.50. The van der Waals surface area contributed by atoms with Crippen molar-refractivity contribution in [3.63, 3.8) is 0 Å². The van der Waals surface area contributed by atoms with E-state index in [1.165, 1.54) is 34.0 Å². The third kappa shape index (κ3) is 3.25. The Morgan fingerprint density at radius 2 is 1.90 bits per heavy atom. The summed E-state index contributed by atoms with van der Waals surface area (Å²) in [5.41, 5.74) is 3.78. The quantitative estimate of drug-likeness (QED) is 0.875. The first kappa shape index (κ1) is 15.1. The van der Waals surface area contributed by atoms with Crippen LogP contribution in [0.3, 0.4) is 0 Å². The maximum Gasteiger partial charge on any atom is 0.0832 e. The van der Waals surface area contributed by atoms with Crippen molar-refractivity contribution in [1.82, 2.24) is 14.9 Å². The minimum atomic E-state index is 0.183. The van der Waals surface area contributed by atoms with Gasteiger partial charge in [0.25, 0.3) is 0 Å². The van der Waals surface area contributed by atoms with Crippen LogP contribution in [0.5, 0.6) is 0 Å².